The first kappa shape index (κ1) is 9.01. The van der Waals surface area contributed by atoms with Gasteiger partial charge in [-0.25, -0.2) is 0 Å². The molecule has 2 heteroatoms. The smallest absolute Gasteiger partial charge is 0.0677 e. The van der Waals surface area contributed by atoms with Crippen molar-refractivity contribution in [2.45, 2.75) is 45.8 Å². The van der Waals surface area contributed by atoms with Crippen LogP contribution in [0.15, 0.2) is 0 Å². The topological polar surface area (TPSA) is 29.5 Å². The molecule has 0 aromatic rings. The van der Waals surface area contributed by atoms with Crippen molar-refractivity contribution in [1.29, 1.82) is 0 Å². The molecule has 1 aliphatic rings. The van der Waals surface area contributed by atoms with Gasteiger partial charge >= 0.3 is 0 Å². The van der Waals surface area contributed by atoms with E-state index in [1.807, 2.05) is 6.92 Å². The molecule has 1 rings (SSSR count). The monoisotopic (exact) mass is 158 g/mol. The highest BCUT2D eigenvalue weighted by Crippen LogP contribution is 2.45. The lowest BCUT2D eigenvalue weighted by Gasteiger charge is -2.50. The lowest BCUT2D eigenvalue weighted by atomic mass is 9.63. The van der Waals surface area contributed by atoms with Gasteiger partial charge in [0, 0.05) is 18.4 Å². The largest absolute Gasteiger partial charge is 0.392 e. The van der Waals surface area contributed by atoms with Crippen molar-refractivity contribution < 1.29 is 9.84 Å². The maximum Gasteiger partial charge on any atom is 0.0677 e. The summed E-state index contributed by atoms with van der Waals surface area (Å²) in [6.45, 7) is 6.96. The fourth-order valence-corrected chi connectivity index (χ4v) is 1.72. The average molecular weight is 158 g/mol. The quantitative estimate of drug-likeness (QED) is 0.675. The van der Waals surface area contributed by atoms with Gasteiger partial charge in [0.2, 0.25) is 0 Å². The average Bonchev–Trinajstić information content (AvgIpc) is 2.03. The molecule has 1 saturated carbocycles. The standard InChI is InChI=1S/C9H18O2/c1-4-9(3)7(10)6-8(9)11-5-2/h7-8,10H,4-6H2,1-3H3. The van der Waals surface area contributed by atoms with Gasteiger partial charge in [-0.1, -0.05) is 13.8 Å². The van der Waals surface area contributed by atoms with E-state index in [0.29, 0.717) is 0 Å². The molecule has 0 bridgehead atoms. The Kier molecular flexibility index (Phi) is 2.55. The van der Waals surface area contributed by atoms with Crippen LogP contribution < -0.4 is 0 Å². The lowest BCUT2D eigenvalue weighted by Crippen LogP contribution is -2.56. The molecule has 2 nitrogen and oxygen atoms in total. The van der Waals surface area contributed by atoms with Crippen molar-refractivity contribution in [2.24, 2.45) is 5.41 Å². The summed E-state index contributed by atoms with van der Waals surface area (Å²) in [5.74, 6) is 0. The van der Waals surface area contributed by atoms with Crippen LogP contribution in [-0.4, -0.2) is 23.9 Å². The first-order valence-electron chi connectivity index (χ1n) is 4.44. The van der Waals surface area contributed by atoms with Crippen LogP contribution in [0.3, 0.4) is 0 Å². The van der Waals surface area contributed by atoms with E-state index in [1.54, 1.807) is 0 Å². The van der Waals surface area contributed by atoms with Gasteiger partial charge in [-0.2, -0.15) is 0 Å². The molecule has 0 radical (unpaired) electrons. The third-order valence-electron chi connectivity index (χ3n) is 3.06. The highest BCUT2D eigenvalue weighted by Gasteiger charge is 2.50. The Morgan fingerprint density at radius 1 is 1.55 bits per heavy atom. The highest BCUT2D eigenvalue weighted by molar-refractivity contribution is 5.00. The van der Waals surface area contributed by atoms with Crippen LogP contribution in [0, 0.1) is 5.41 Å². The van der Waals surface area contributed by atoms with Crippen LogP contribution in [0.1, 0.15) is 33.6 Å². The fraction of sp³-hybridized carbons (Fsp3) is 1.00. The number of rotatable bonds is 3. The van der Waals surface area contributed by atoms with Crippen molar-refractivity contribution >= 4 is 0 Å². The summed E-state index contributed by atoms with van der Waals surface area (Å²) in [5, 5.41) is 9.48. The van der Waals surface area contributed by atoms with Crippen molar-refractivity contribution in [3.8, 4) is 0 Å². The van der Waals surface area contributed by atoms with E-state index in [-0.39, 0.29) is 17.6 Å². The zero-order valence-electron chi connectivity index (χ0n) is 7.63. The Morgan fingerprint density at radius 2 is 2.18 bits per heavy atom. The van der Waals surface area contributed by atoms with Gasteiger partial charge in [-0.15, -0.1) is 0 Å². The van der Waals surface area contributed by atoms with Gasteiger partial charge in [-0.3, -0.25) is 0 Å². The molecule has 1 N–H and O–H groups in total. The Hall–Kier alpha value is -0.0800. The van der Waals surface area contributed by atoms with Crippen molar-refractivity contribution in [3.63, 3.8) is 0 Å². The summed E-state index contributed by atoms with van der Waals surface area (Å²) >= 11 is 0. The predicted octanol–water partition coefficient (Wildman–Crippen LogP) is 1.57. The minimum Gasteiger partial charge on any atom is -0.392 e. The summed E-state index contributed by atoms with van der Waals surface area (Å²) in [6.07, 6.45) is 1.95. The number of hydrogen-bond acceptors (Lipinski definition) is 2. The Balaban J connectivity index is 2.47. The van der Waals surface area contributed by atoms with Gasteiger partial charge in [0.15, 0.2) is 0 Å². The summed E-state index contributed by atoms with van der Waals surface area (Å²) in [5.41, 5.74) is 0.0238. The molecule has 11 heavy (non-hydrogen) atoms. The predicted molar refractivity (Wildman–Crippen MR) is 44.4 cm³/mol. The third kappa shape index (κ3) is 1.30. The zero-order valence-corrected chi connectivity index (χ0v) is 7.63. The lowest BCUT2D eigenvalue weighted by molar-refractivity contribution is -0.183. The Labute approximate surface area is 68.6 Å². The minimum absolute atomic E-state index is 0.0238. The first-order valence-corrected chi connectivity index (χ1v) is 4.44. The molecule has 1 aliphatic carbocycles. The second-order valence-corrected chi connectivity index (χ2v) is 3.55. The molecular weight excluding hydrogens is 140 g/mol. The molecule has 0 saturated heterocycles. The number of ether oxygens (including phenoxy) is 1. The van der Waals surface area contributed by atoms with Gasteiger partial charge < -0.3 is 9.84 Å². The zero-order chi connectivity index (χ0) is 8.48. The molecule has 3 unspecified atom stereocenters. The summed E-state index contributed by atoms with van der Waals surface area (Å²) < 4.78 is 5.49. The van der Waals surface area contributed by atoms with Gasteiger partial charge in [0.1, 0.15) is 0 Å². The first-order chi connectivity index (χ1) is 5.15. The maximum atomic E-state index is 9.48. The summed E-state index contributed by atoms with van der Waals surface area (Å²) in [6, 6.07) is 0. The van der Waals surface area contributed by atoms with Crippen molar-refractivity contribution in [1.82, 2.24) is 0 Å². The van der Waals surface area contributed by atoms with E-state index >= 15 is 0 Å². The third-order valence-corrected chi connectivity index (χ3v) is 3.06. The van der Waals surface area contributed by atoms with Crippen molar-refractivity contribution in [2.75, 3.05) is 6.61 Å². The number of aliphatic hydroxyl groups is 1. The molecule has 3 atom stereocenters. The van der Waals surface area contributed by atoms with Crippen LogP contribution in [0.4, 0.5) is 0 Å². The maximum absolute atomic E-state index is 9.48. The Bertz CT molecular complexity index is 134. The second kappa shape index (κ2) is 3.11. The van der Waals surface area contributed by atoms with Crippen LogP contribution in [-0.2, 0) is 4.74 Å². The molecule has 66 valence electrons. The molecular formula is C9H18O2. The summed E-state index contributed by atoms with van der Waals surface area (Å²) in [4.78, 5) is 0. The van der Waals surface area contributed by atoms with E-state index < -0.39 is 0 Å². The fourth-order valence-electron chi connectivity index (χ4n) is 1.72. The molecule has 0 amide bonds. The van der Waals surface area contributed by atoms with E-state index in [9.17, 15) is 5.11 Å². The molecule has 1 fully saturated rings. The minimum atomic E-state index is -0.149. The van der Waals surface area contributed by atoms with E-state index in [2.05, 4.69) is 13.8 Å². The van der Waals surface area contributed by atoms with Gasteiger partial charge in [-0.05, 0) is 13.3 Å². The molecule has 0 aromatic carbocycles. The van der Waals surface area contributed by atoms with E-state index in [4.69, 9.17) is 4.74 Å². The highest BCUT2D eigenvalue weighted by atomic mass is 16.5. The Morgan fingerprint density at radius 3 is 2.55 bits per heavy atom. The molecule has 0 aliphatic heterocycles. The van der Waals surface area contributed by atoms with Gasteiger partial charge in [0.25, 0.3) is 0 Å². The van der Waals surface area contributed by atoms with Crippen LogP contribution >= 0.6 is 0 Å². The second-order valence-electron chi connectivity index (χ2n) is 3.55. The summed E-state index contributed by atoms with van der Waals surface area (Å²) in [7, 11) is 0. The molecule has 0 aromatic heterocycles. The normalized spacial score (nSPS) is 43.6. The van der Waals surface area contributed by atoms with Gasteiger partial charge in [0.05, 0.1) is 12.2 Å². The number of aliphatic hydroxyl groups excluding tert-OH is 1. The molecule has 0 spiro atoms. The SMILES string of the molecule is CCOC1CC(O)C1(C)CC. The van der Waals surface area contributed by atoms with Crippen LogP contribution in [0.5, 0.6) is 0 Å². The van der Waals surface area contributed by atoms with Crippen LogP contribution in [0.25, 0.3) is 0 Å². The van der Waals surface area contributed by atoms with Crippen LogP contribution in [0.2, 0.25) is 0 Å². The van der Waals surface area contributed by atoms with Crippen molar-refractivity contribution in [3.05, 3.63) is 0 Å². The molecule has 0 heterocycles. The van der Waals surface area contributed by atoms with E-state index in [1.165, 1.54) is 0 Å². The van der Waals surface area contributed by atoms with E-state index in [0.717, 1.165) is 19.4 Å². The number of hydrogen-bond donors (Lipinski definition) is 1.